The van der Waals surface area contributed by atoms with E-state index < -0.39 is 0 Å². The Balaban J connectivity index is 1.95. The molecule has 2 rings (SSSR count). The molecule has 0 bridgehead atoms. The maximum Gasteiger partial charge on any atom is 0.0643 e. The lowest BCUT2D eigenvalue weighted by Crippen LogP contribution is -2.49. The Labute approximate surface area is 74.5 Å². The second kappa shape index (κ2) is 3.35. The highest BCUT2D eigenvalue weighted by atomic mass is 16.5. The van der Waals surface area contributed by atoms with Crippen LogP contribution < -0.4 is 5.73 Å². The number of rotatable bonds is 2. The molecule has 0 aromatic carbocycles. The van der Waals surface area contributed by atoms with Crippen LogP contribution in [0, 0.1) is 5.41 Å². The van der Waals surface area contributed by atoms with Crippen molar-refractivity contribution in [2.45, 2.75) is 44.6 Å². The Morgan fingerprint density at radius 2 is 2.08 bits per heavy atom. The molecular weight excluding hydrogens is 150 g/mol. The van der Waals surface area contributed by atoms with Crippen LogP contribution in [0.3, 0.4) is 0 Å². The summed E-state index contributed by atoms with van der Waals surface area (Å²) in [7, 11) is 0. The highest BCUT2D eigenvalue weighted by molar-refractivity contribution is 4.95. The van der Waals surface area contributed by atoms with Gasteiger partial charge in [0, 0.05) is 18.6 Å². The van der Waals surface area contributed by atoms with Crippen molar-refractivity contribution in [2.75, 3.05) is 13.2 Å². The van der Waals surface area contributed by atoms with E-state index in [-0.39, 0.29) is 0 Å². The number of hydrogen-bond donors (Lipinski definition) is 1. The molecule has 0 radical (unpaired) electrons. The van der Waals surface area contributed by atoms with E-state index in [0.717, 1.165) is 13.2 Å². The van der Waals surface area contributed by atoms with E-state index in [1.165, 1.54) is 38.5 Å². The predicted octanol–water partition coefficient (Wildman–Crippen LogP) is 1.68. The van der Waals surface area contributed by atoms with E-state index in [4.69, 9.17) is 10.5 Å². The van der Waals surface area contributed by atoms with Gasteiger partial charge < -0.3 is 10.5 Å². The van der Waals surface area contributed by atoms with Crippen molar-refractivity contribution in [3.05, 3.63) is 0 Å². The first kappa shape index (κ1) is 8.52. The van der Waals surface area contributed by atoms with Crippen LogP contribution >= 0.6 is 0 Å². The van der Waals surface area contributed by atoms with Crippen LogP contribution in [0.25, 0.3) is 0 Å². The van der Waals surface area contributed by atoms with E-state index in [0.29, 0.717) is 11.5 Å². The fraction of sp³-hybridized carbons (Fsp3) is 1.00. The van der Waals surface area contributed by atoms with Crippen molar-refractivity contribution in [3.8, 4) is 0 Å². The van der Waals surface area contributed by atoms with Gasteiger partial charge in [0.05, 0.1) is 6.10 Å². The number of nitrogens with two attached hydrogens (primary N) is 1. The van der Waals surface area contributed by atoms with Crippen LogP contribution in [0.2, 0.25) is 0 Å². The molecule has 1 saturated carbocycles. The zero-order valence-electron chi connectivity index (χ0n) is 7.72. The summed E-state index contributed by atoms with van der Waals surface area (Å²) in [6, 6.07) is 0. The third-order valence-electron chi connectivity index (χ3n) is 3.62. The molecule has 70 valence electrons. The summed E-state index contributed by atoms with van der Waals surface area (Å²) in [5.74, 6) is 0. The quantitative estimate of drug-likeness (QED) is 0.682. The lowest BCUT2D eigenvalue weighted by molar-refractivity contribution is -0.0988. The molecule has 0 aromatic rings. The summed E-state index contributed by atoms with van der Waals surface area (Å²) >= 11 is 0. The van der Waals surface area contributed by atoms with Gasteiger partial charge in [-0.1, -0.05) is 6.42 Å². The summed E-state index contributed by atoms with van der Waals surface area (Å²) in [5.41, 5.74) is 6.21. The summed E-state index contributed by atoms with van der Waals surface area (Å²) < 4.78 is 5.80. The highest BCUT2D eigenvalue weighted by Crippen LogP contribution is 2.46. The highest BCUT2D eigenvalue weighted by Gasteiger charge is 2.43. The molecule has 1 unspecified atom stereocenters. The molecule has 1 saturated heterocycles. The molecule has 1 aliphatic carbocycles. The molecule has 0 spiro atoms. The topological polar surface area (TPSA) is 35.2 Å². The minimum absolute atomic E-state index is 0.389. The van der Waals surface area contributed by atoms with Crippen molar-refractivity contribution in [1.29, 1.82) is 0 Å². The maximum absolute atomic E-state index is 5.82. The van der Waals surface area contributed by atoms with Crippen LogP contribution in [-0.4, -0.2) is 19.3 Å². The third-order valence-corrected chi connectivity index (χ3v) is 3.62. The molecule has 2 heteroatoms. The second-order valence-electron chi connectivity index (χ2n) is 4.28. The zero-order chi connectivity index (χ0) is 8.44. The summed E-state index contributed by atoms with van der Waals surface area (Å²) in [4.78, 5) is 0. The fourth-order valence-electron chi connectivity index (χ4n) is 2.51. The Hall–Kier alpha value is -0.0800. The predicted molar refractivity (Wildman–Crippen MR) is 48.9 cm³/mol. The molecule has 12 heavy (non-hydrogen) atoms. The standard InChI is InChI=1S/C10H19NO/c11-8-10(5-3-6-10)9-4-1-2-7-12-9/h9H,1-8,11H2. The Morgan fingerprint density at radius 3 is 2.50 bits per heavy atom. The van der Waals surface area contributed by atoms with Crippen molar-refractivity contribution < 1.29 is 4.74 Å². The maximum atomic E-state index is 5.82. The Bertz CT molecular complexity index is 142. The van der Waals surface area contributed by atoms with Gasteiger partial charge in [0.1, 0.15) is 0 Å². The number of hydrogen-bond acceptors (Lipinski definition) is 2. The molecule has 0 amide bonds. The monoisotopic (exact) mass is 169 g/mol. The van der Waals surface area contributed by atoms with Gasteiger partial charge in [0.25, 0.3) is 0 Å². The molecule has 2 nitrogen and oxygen atoms in total. The second-order valence-corrected chi connectivity index (χ2v) is 4.28. The first-order valence-electron chi connectivity index (χ1n) is 5.19. The van der Waals surface area contributed by atoms with Gasteiger partial charge in [-0.2, -0.15) is 0 Å². The largest absolute Gasteiger partial charge is 0.378 e. The van der Waals surface area contributed by atoms with E-state index >= 15 is 0 Å². The molecule has 0 aromatic heterocycles. The van der Waals surface area contributed by atoms with Crippen LogP contribution in [0.5, 0.6) is 0 Å². The van der Waals surface area contributed by atoms with Crippen LogP contribution in [-0.2, 0) is 4.74 Å². The van der Waals surface area contributed by atoms with E-state index in [9.17, 15) is 0 Å². The average Bonchev–Trinajstić information content (AvgIpc) is 2.05. The molecule has 1 heterocycles. The Morgan fingerprint density at radius 1 is 1.25 bits per heavy atom. The third kappa shape index (κ3) is 1.27. The van der Waals surface area contributed by atoms with E-state index in [1.54, 1.807) is 0 Å². The number of ether oxygens (including phenoxy) is 1. The fourth-order valence-corrected chi connectivity index (χ4v) is 2.51. The van der Waals surface area contributed by atoms with Crippen molar-refractivity contribution in [2.24, 2.45) is 11.1 Å². The van der Waals surface area contributed by atoms with Crippen LogP contribution in [0.15, 0.2) is 0 Å². The summed E-state index contributed by atoms with van der Waals surface area (Å²) in [5, 5.41) is 0. The van der Waals surface area contributed by atoms with Crippen LogP contribution in [0.1, 0.15) is 38.5 Å². The summed E-state index contributed by atoms with van der Waals surface area (Å²) in [6.45, 7) is 1.80. The zero-order valence-corrected chi connectivity index (χ0v) is 7.72. The minimum atomic E-state index is 0.389. The average molecular weight is 169 g/mol. The van der Waals surface area contributed by atoms with Crippen molar-refractivity contribution in [3.63, 3.8) is 0 Å². The van der Waals surface area contributed by atoms with Crippen LogP contribution in [0.4, 0.5) is 0 Å². The van der Waals surface area contributed by atoms with Gasteiger partial charge in [-0.3, -0.25) is 0 Å². The molecular formula is C10H19NO. The normalized spacial score (nSPS) is 34.2. The molecule has 2 aliphatic rings. The summed E-state index contributed by atoms with van der Waals surface area (Å²) in [6.07, 6.45) is 8.28. The molecule has 2 N–H and O–H groups in total. The lowest BCUT2D eigenvalue weighted by Gasteiger charge is -2.48. The smallest absolute Gasteiger partial charge is 0.0643 e. The van der Waals surface area contributed by atoms with Gasteiger partial charge in [-0.25, -0.2) is 0 Å². The van der Waals surface area contributed by atoms with Gasteiger partial charge in [0.15, 0.2) is 0 Å². The van der Waals surface area contributed by atoms with Gasteiger partial charge in [-0.15, -0.1) is 0 Å². The van der Waals surface area contributed by atoms with Gasteiger partial charge in [0.2, 0.25) is 0 Å². The van der Waals surface area contributed by atoms with Crippen molar-refractivity contribution >= 4 is 0 Å². The Kier molecular flexibility index (Phi) is 2.37. The van der Waals surface area contributed by atoms with Gasteiger partial charge in [-0.05, 0) is 32.1 Å². The lowest BCUT2D eigenvalue weighted by atomic mass is 9.64. The first-order chi connectivity index (χ1) is 5.87. The SMILES string of the molecule is NCC1(C2CCCCO2)CCC1. The van der Waals surface area contributed by atoms with Crippen molar-refractivity contribution in [1.82, 2.24) is 0 Å². The molecule has 1 aliphatic heterocycles. The van der Waals surface area contributed by atoms with Gasteiger partial charge >= 0.3 is 0 Å². The first-order valence-corrected chi connectivity index (χ1v) is 5.19. The molecule has 2 fully saturated rings. The molecule has 1 atom stereocenters. The van der Waals surface area contributed by atoms with E-state index in [1.807, 2.05) is 0 Å². The minimum Gasteiger partial charge on any atom is -0.378 e. The van der Waals surface area contributed by atoms with E-state index in [2.05, 4.69) is 0 Å².